The smallest absolute Gasteiger partial charge is 0.226 e. The van der Waals surface area contributed by atoms with Gasteiger partial charge in [-0.05, 0) is 42.7 Å². The van der Waals surface area contributed by atoms with Gasteiger partial charge in [0.1, 0.15) is 5.82 Å². The number of carbonyl (C=O) groups is 1. The third-order valence-corrected chi connectivity index (χ3v) is 5.30. The second kappa shape index (κ2) is 6.19. The number of benzene rings is 1. The number of hydrogen-bond acceptors (Lipinski definition) is 2. The topological polar surface area (TPSA) is 46.9 Å². The molecule has 1 unspecified atom stereocenters. The molecule has 1 N–H and O–H groups in total. The van der Waals surface area contributed by atoms with Gasteiger partial charge in [0.05, 0.1) is 12.2 Å². The van der Waals surface area contributed by atoms with Gasteiger partial charge in [-0.15, -0.1) is 0 Å². The van der Waals surface area contributed by atoms with E-state index in [0.717, 1.165) is 18.7 Å². The van der Waals surface area contributed by atoms with Gasteiger partial charge in [-0.3, -0.25) is 4.79 Å². The van der Waals surface area contributed by atoms with E-state index in [1.165, 1.54) is 36.8 Å². The number of amides is 1. The Morgan fingerprint density at radius 3 is 2.87 bits per heavy atom. The summed E-state index contributed by atoms with van der Waals surface area (Å²) in [5.74, 6) is 1.31. The van der Waals surface area contributed by atoms with E-state index in [-0.39, 0.29) is 5.91 Å². The maximum absolute atomic E-state index is 12.5. The van der Waals surface area contributed by atoms with E-state index >= 15 is 0 Å². The molecule has 23 heavy (non-hydrogen) atoms. The van der Waals surface area contributed by atoms with Crippen LogP contribution < -0.4 is 5.32 Å². The Bertz CT molecular complexity index is 700. The second-order valence-corrected chi connectivity index (χ2v) is 6.79. The summed E-state index contributed by atoms with van der Waals surface area (Å²) < 4.78 is 2.01. The van der Waals surface area contributed by atoms with Gasteiger partial charge in [0.2, 0.25) is 5.91 Å². The first kappa shape index (κ1) is 14.5. The van der Waals surface area contributed by atoms with Crippen LogP contribution in [0.5, 0.6) is 0 Å². The minimum Gasteiger partial charge on any atom is -0.311 e. The number of rotatable bonds is 4. The monoisotopic (exact) mass is 309 g/mol. The number of nitrogens with one attached hydrogen (secondary N) is 1. The molecule has 0 radical (unpaired) electrons. The van der Waals surface area contributed by atoms with Crippen LogP contribution in [-0.4, -0.2) is 15.7 Å². The molecule has 1 atom stereocenters. The van der Waals surface area contributed by atoms with Crippen LogP contribution >= 0.6 is 0 Å². The summed E-state index contributed by atoms with van der Waals surface area (Å²) in [5.41, 5.74) is 2.76. The van der Waals surface area contributed by atoms with Crippen LogP contribution in [0.4, 0.5) is 5.82 Å². The van der Waals surface area contributed by atoms with Crippen molar-refractivity contribution in [3.05, 3.63) is 47.7 Å². The lowest BCUT2D eigenvalue weighted by Crippen LogP contribution is -2.19. The van der Waals surface area contributed by atoms with Crippen molar-refractivity contribution in [2.45, 2.75) is 56.9 Å². The molecular formula is C19H23N3O. The Labute approximate surface area is 136 Å². The summed E-state index contributed by atoms with van der Waals surface area (Å²) in [4.78, 5) is 12.5. The Hall–Kier alpha value is -2.10. The molecule has 0 spiro atoms. The molecular weight excluding hydrogens is 286 g/mol. The molecule has 4 heteroatoms. The average Bonchev–Trinajstić information content (AvgIpc) is 3.28. The van der Waals surface area contributed by atoms with Gasteiger partial charge < -0.3 is 5.32 Å². The van der Waals surface area contributed by atoms with Crippen molar-refractivity contribution in [3.8, 4) is 0 Å². The second-order valence-electron chi connectivity index (χ2n) is 6.79. The van der Waals surface area contributed by atoms with Crippen molar-refractivity contribution >= 4 is 11.7 Å². The first-order valence-electron chi connectivity index (χ1n) is 8.72. The summed E-state index contributed by atoms with van der Waals surface area (Å²) in [7, 11) is 0. The van der Waals surface area contributed by atoms with Crippen LogP contribution in [0.1, 0.15) is 61.6 Å². The zero-order valence-electron chi connectivity index (χ0n) is 13.4. The molecule has 2 aromatic rings. The quantitative estimate of drug-likeness (QED) is 0.926. The Kier molecular flexibility index (Phi) is 3.90. The standard InChI is InChI=1S/C19H23N3O/c23-19(13-15-10-9-14-5-1-4-8-17(14)15)21-18-11-12-20-22(18)16-6-2-3-7-16/h1,4-5,8,11-12,15-16H,2-3,6-7,9-10,13H2,(H,21,23). The van der Waals surface area contributed by atoms with Gasteiger partial charge in [0.15, 0.2) is 0 Å². The summed E-state index contributed by atoms with van der Waals surface area (Å²) in [6.07, 6.45) is 9.38. The van der Waals surface area contributed by atoms with E-state index in [9.17, 15) is 4.79 Å². The maximum atomic E-state index is 12.5. The molecule has 4 nitrogen and oxygen atoms in total. The lowest BCUT2D eigenvalue weighted by Gasteiger charge is -2.16. The number of aryl methyl sites for hydroxylation is 1. The number of carbonyl (C=O) groups excluding carboxylic acids is 1. The summed E-state index contributed by atoms with van der Waals surface area (Å²) in [6.45, 7) is 0. The molecule has 120 valence electrons. The maximum Gasteiger partial charge on any atom is 0.226 e. The highest BCUT2D eigenvalue weighted by atomic mass is 16.1. The van der Waals surface area contributed by atoms with Gasteiger partial charge in [0, 0.05) is 12.5 Å². The Morgan fingerprint density at radius 2 is 2.00 bits per heavy atom. The molecule has 2 aliphatic carbocycles. The van der Waals surface area contributed by atoms with E-state index in [1.807, 2.05) is 10.7 Å². The largest absolute Gasteiger partial charge is 0.311 e. The lowest BCUT2D eigenvalue weighted by atomic mass is 9.97. The number of anilines is 1. The van der Waals surface area contributed by atoms with Crippen molar-refractivity contribution < 1.29 is 4.79 Å². The molecule has 1 heterocycles. The van der Waals surface area contributed by atoms with E-state index in [2.05, 4.69) is 34.7 Å². The Balaban J connectivity index is 1.42. The molecule has 0 aliphatic heterocycles. The molecule has 0 bridgehead atoms. The number of aromatic nitrogens is 2. The highest BCUT2D eigenvalue weighted by Crippen LogP contribution is 2.36. The highest BCUT2D eigenvalue weighted by Gasteiger charge is 2.25. The van der Waals surface area contributed by atoms with Crippen molar-refractivity contribution in [2.24, 2.45) is 0 Å². The molecule has 1 fully saturated rings. The summed E-state index contributed by atoms with van der Waals surface area (Å²) >= 11 is 0. The van der Waals surface area contributed by atoms with E-state index in [1.54, 1.807) is 6.20 Å². The van der Waals surface area contributed by atoms with Crippen molar-refractivity contribution in [2.75, 3.05) is 5.32 Å². The number of nitrogens with zero attached hydrogens (tertiary/aromatic N) is 2. The van der Waals surface area contributed by atoms with Gasteiger partial charge in [-0.1, -0.05) is 37.1 Å². The lowest BCUT2D eigenvalue weighted by molar-refractivity contribution is -0.116. The molecule has 1 aromatic carbocycles. The van der Waals surface area contributed by atoms with E-state index < -0.39 is 0 Å². The normalized spacial score (nSPS) is 20.6. The fraction of sp³-hybridized carbons (Fsp3) is 0.474. The molecule has 1 amide bonds. The third-order valence-electron chi connectivity index (χ3n) is 5.30. The van der Waals surface area contributed by atoms with Crippen LogP contribution in [0.25, 0.3) is 0 Å². The molecule has 1 saturated carbocycles. The van der Waals surface area contributed by atoms with Crippen molar-refractivity contribution in [1.82, 2.24) is 9.78 Å². The summed E-state index contributed by atoms with van der Waals surface area (Å²) in [5, 5.41) is 7.51. The predicted molar refractivity (Wildman–Crippen MR) is 90.5 cm³/mol. The molecule has 0 saturated heterocycles. The van der Waals surface area contributed by atoms with Gasteiger partial charge in [-0.2, -0.15) is 5.10 Å². The van der Waals surface area contributed by atoms with Gasteiger partial charge >= 0.3 is 0 Å². The minimum atomic E-state index is 0.103. The van der Waals surface area contributed by atoms with Crippen molar-refractivity contribution in [3.63, 3.8) is 0 Å². The molecule has 1 aromatic heterocycles. The number of fused-ring (bicyclic) bond motifs is 1. The van der Waals surface area contributed by atoms with E-state index in [0.29, 0.717) is 18.4 Å². The fourth-order valence-corrected chi connectivity index (χ4v) is 4.13. The minimum absolute atomic E-state index is 0.103. The van der Waals surface area contributed by atoms with Gasteiger partial charge in [-0.25, -0.2) is 4.68 Å². The van der Waals surface area contributed by atoms with Crippen LogP contribution in [-0.2, 0) is 11.2 Å². The van der Waals surface area contributed by atoms with Crippen LogP contribution in [0.2, 0.25) is 0 Å². The zero-order valence-corrected chi connectivity index (χ0v) is 13.4. The Morgan fingerprint density at radius 1 is 1.17 bits per heavy atom. The zero-order chi connectivity index (χ0) is 15.6. The average molecular weight is 309 g/mol. The number of hydrogen-bond donors (Lipinski definition) is 1. The predicted octanol–water partition coefficient (Wildman–Crippen LogP) is 4.06. The molecule has 2 aliphatic rings. The van der Waals surface area contributed by atoms with Crippen LogP contribution in [0.15, 0.2) is 36.5 Å². The fourth-order valence-electron chi connectivity index (χ4n) is 4.13. The van der Waals surface area contributed by atoms with Crippen LogP contribution in [0, 0.1) is 0 Å². The van der Waals surface area contributed by atoms with Crippen molar-refractivity contribution in [1.29, 1.82) is 0 Å². The van der Waals surface area contributed by atoms with Crippen LogP contribution in [0.3, 0.4) is 0 Å². The molecule has 4 rings (SSSR count). The van der Waals surface area contributed by atoms with E-state index in [4.69, 9.17) is 0 Å². The summed E-state index contributed by atoms with van der Waals surface area (Å²) in [6, 6.07) is 10.9. The first-order valence-corrected chi connectivity index (χ1v) is 8.72. The SMILES string of the molecule is O=C(CC1CCc2ccccc21)Nc1ccnn1C1CCCC1. The third kappa shape index (κ3) is 2.90. The highest BCUT2D eigenvalue weighted by molar-refractivity contribution is 5.90. The van der Waals surface area contributed by atoms with Gasteiger partial charge in [0.25, 0.3) is 0 Å². The first-order chi connectivity index (χ1) is 11.3.